The van der Waals surface area contributed by atoms with Crippen LogP contribution in [0.5, 0.6) is 0 Å². The fraction of sp³-hybridized carbons (Fsp3) is 0.750. The molecule has 1 aromatic rings. The number of hydrogen-bond acceptors (Lipinski definition) is 3. The molecule has 0 spiro atoms. The second-order valence-corrected chi connectivity index (χ2v) is 6.61. The zero-order valence-electron chi connectivity index (χ0n) is 10.4. The van der Waals surface area contributed by atoms with Crippen LogP contribution in [0.2, 0.25) is 0 Å². The van der Waals surface area contributed by atoms with E-state index >= 15 is 0 Å². The normalized spacial score (nSPS) is 27.2. The fourth-order valence-electron chi connectivity index (χ4n) is 2.39. The van der Waals surface area contributed by atoms with Gasteiger partial charge in [0.15, 0.2) is 0 Å². The number of aryl methyl sites for hydroxylation is 2. The maximum Gasteiger partial charge on any atom is 0.0596 e. The molecule has 0 amide bonds. The Kier molecular flexibility index (Phi) is 3.31. The average Bonchev–Trinajstić information content (AvgIpc) is 2.75. The highest BCUT2D eigenvalue weighted by Crippen LogP contribution is 2.40. The fourth-order valence-corrected chi connectivity index (χ4v) is 3.73. The molecular weight excluding hydrogens is 218 g/mol. The van der Waals surface area contributed by atoms with Gasteiger partial charge in [-0.15, -0.1) is 0 Å². The lowest BCUT2D eigenvalue weighted by Gasteiger charge is -2.30. The molecule has 3 nitrogen and oxygen atoms in total. The Hall–Kier alpha value is -0.480. The van der Waals surface area contributed by atoms with Gasteiger partial charge in [-0.3, -0.25) is 4.68 Å². The molecule has 0 aromatic carbocycles. The predicted octanol–water partition coefficient (Wildman–Crippen LogP) is 1.88. The molecule has 0 bridgehead atoms. The number of nitrogens with two attached hydrogens (primary N) is 1. The largest absolute Gasteiger partial charge is 0.326 e. The Balaban J connectivity index is 2.07. The lowest BCUT2D eigenvalue weighted by Crippen LogP contribution is -2.43. The molecule has 2 rings (SSSR count). The van der Waals surface area contributed by atoms with E-state index in [0.29, 0.717) is 0 Å². The van der Waals surface area contributed by atoms with E-state index in [9.17, 15) is 0 Å². The van der Waals surface area contributed by atoms with E-state index in [1.165, 1.54) is 24.3 Å². The van der Waals surface area contributed by atoms with Gasteiger partial charge in [0, 0.05) is 30.0 Å². The van der Waals surface area contributed by atoms with Gasteiger partial charge in [-0.2, -0.15) is 16.9 Å². The third-order valence-corrected chi connectivity index (χ3v) is 5.22. The van der Waals surface area contributed by atoms with Crippen molar-refractivity contribution < 1.29 is 0 Å². The quantitative estimate of drug-likeness (QED) is 0.876. The van der Waals surface area contributed by atoms with Crippen molar-refractivity contribution in [3.05, 3.63) is 17.5 Å². The van der Waals surface area contributed by atoms with E-state index in [-0.39, 0.29) is 10.8 Å². The van der Waals surface area contributed by atoms with Gasteiger partial charge in [0.25, 0.3) is 0 Å². The number of thioether (sulfide) groups is 1. The van der Waals surface area contributed by atoms with E-state index in [4.69, 9.17) is 5.73 Å². The Morgan fingerprint density at radius 1 is 1.69 bits per heavy atom. The minimum atomic E-state index is 0.231. The third-order valence-electron chi connectivity index (χ3n) is 3.56. The van der Waals surface area contributed by atoms with E-state index in [2.05, 4.69) is 18.1 Å². The monoisotopic (exact) mass is 239 g/mol. The SMILES string of the molecule is Cc1cc(CC(N)C2(C)CCCS2)n(C)n1. The first-order valence-electron chi connectivity index (χ1n) is 5.90. The summed E-state index contributed by atoms with van der Waals surface area (Å²) in [6.45, 7) is 4.33. The van der Waals surface area contributed by atoms with Crippen LogP contribution in [-0.4, -0.2) is 26.3 Å². The summed E-state index contributed by atoms with van der Waals surface area (Å²) in [6, 6.07) is 2.37. The highest BCUT2D eigenvalue weighted by Gasteiger charge is 2.35. The Morgan fingerprint density at radius 2 is 2.44 bits per heavy atom. The van der Waals surface area contributed by atoms with Crippen LogP contribution < -0.4 is 5.73 Å². The standard InChI is InChI=1S/C12H21N3S/c1-9-7-10(15(3)14-9)8-11(13)12(2)5-4-6-16-12/h7,11H,4-6,8,13H2,1-3H3. The average molecular weight is 239 g/mol. The van der Waals surface area contributed by atoms with Gasteiger partial charge in [-0.05, 0) is 38.5 Å². The molecule has 16 heavy (non-hydrogen) atoms. The van der Waals surface area contributed by atoms with Crippen molar-refractivity contribution in [1.82, 2.24) is 9.78 Å². The van der Waals surface area contributed by atoms with Gasteiger partial charge >= 0.3 is 0 Å². The first-order chi connectivity index (χ1) is 7.51. The summed E-state index contributed by atoms with van der Waals surface area (Å²) in [7, 11) is 2.00. The Morgan fingerprint density at radius 3 is 2.94 bits per heavy atom. The highest BCUT2D eigenvalue weighted by molar-refractivity contribution is 8.00. The van der Waals surface area contributed by atoms with Crippen molar-refractivity contribution in [3.8, 4) is 0 Å². The maximum atomic E-state index is 6.36. The van der Waals surface area contributed by atoms with E-state index < -0.39 is 0 Å². The van der Waals surface area contributed by atoms with Gasteiger partial charge < -0.3 is 5.73 Å². The molecule has 0 saturated carbocycles. The third kappa shape index (κ3) is 2.28. The van der Waals surface area contributed by atoms with Crippen LogP contribution in [-0.2, 0) is 13.5 Å². The van der Waals surface area contributed by atoms with E-state index in [1.807, 2.05) is 30.4 Å². The van der Waals surface area contributed by atoms with Crippen LogP contribution >= 0.6 is 11.8 Å². The van der Waals surface area contributed by atoms with Crippen LogP contribution in [0.3, 0.4) is 0 Å². The van der Waals surface area contributed by atoms with E-state index in [0.717, 1.165) is 12.1 Å². The maximum absolute atomic E-state index is 6.36. The molecule has 1 fully saturated rings. The molecule has 1 aromatic heterocycles. The lowest BCUT2D eigenvalue weighted by molar-refractivity contribution is 0.471. The second-order valence-electron chi connectivity index (χ2n) is 4.98. The van der Waals surface area contributed by atoms with Crippen molar-refractivity contribution in [3.63, 3.8) is 0 Å². The van der Waals surface area contributed by atoms with Gasteiger partial charge in [0.05, 0.1) is 5.69 Å². The molecule has 1 aliphatic heterocycles. The summed E-state index contributed by atoms with van der Waals surface area (Å²) < 4.78 is 2.22. The number of hydrogen-bond donors (Lipinski definition) is 1. The lowest BCUT2D eigenvalue weighted by atomic mass is 9.93. The van der Waals surface area contributed by atoms with Gasteiger partial charge in [-0.25, -0.2) is 0 Å². The summed E-state index contributed by atoms with van der Waals surface area (Å²) in [5.74, 6) is 1.26. The van der Waals surface area contributed by atoms with Crippen molar-refractivity contribution in [2.45, 2.75) is 43.9 Å². The molecule has 1 aliphatic rings. The number of aromatic nitrogens is 2. The number of rotatable bonds is 3. The van der Waals surface area contributed by atoms with Crippen LogP contribution in [0.15, 0.2) is 6.07 Å². The highest BCUT2D eigenvalue weighted by atomic mass is 32.2. The molecule has 4 heteroatoms. The predicted molar refractivity (Wildman–Crippen MR) is 69.7 cm³/mol. The van der Waals surface area contributed by atoms with Crippen LogP contribution in [0, 0.1) is 6.92 Å². The molecule has 0 radical (unpaired) electrons. The minimum absolute atomic E-state index is 0.231. The minimum Gasteiger partial charge on any atom is -0.326 e. The summed E-state index contributed by atoms with van der Waals surface area (Å²) in [6.07, 6.45) is 3.48. The first kappa shape index (κ1) is 12.0. The van der Waals surface area contributed by atoms with Crippen molar-refractivity contribution in [1.29, 1.82) is 0 Å². The van der Waals surface area contributed by atoms with Crippen molar-refractivity contribution in [2.24, 2.45) is 12.8 Å². The first-order valence-corrected chi connectivity index (χ1v) is 6.89. The Labute approximate surface area is 102 Å². The van der Waals surface area contributed by atoms with E-state index in [1.54, 1.807) is 0 Å². The zero-order valence-corrected chi connectivity index (χ0v) is 11.2. The Bertz CT molecular complexity index is 366. The summed E-state index contributed by atoms with van der Waals surface area (Å²) in [4.78, 5) is 0. The van der Waals surface area contributed by atoms with Crippen molar-refractivity contribution in [2.75, 3.05) is 5.75 Å². The molecule has 2 N–H and O–H groups in total. The topological polar surface area (TPSA) is 43.8 Å². The van der Waals surface area contributed by atoms with Gasteiger partial charge in [0.1, 0.15) is 0 Å². The smallest absolute Gasteiger partial charge is 0.0596 e. The summed E-state index contributed by atoms with van der Waals surface area (Å²) >= 11 is 2.03. The summed E-state index contributed by atoms with van der Waals surface area (Å²) in [5, 5.41) is 4.37. The molecule has 2 atom stereocenters. The van der Waals surface area contributed by atoms with Crippen molar-refractivity contribution >= 4 is 11.8 Å². The van der Waals surface area contributed by atoms with Gasteiger partial charge in [0.2, 0.25) is 0 Å². The van der Waals surface area contributed by atoms with Crippen LogP contribution in [0.1, 0.15) is 31.2 Å². The van der Waals surface area contributed by atoms with Crippen LogP contribution in [0.25, 0.3) is 0 Å². The zero-order chi connectivity index (χ0) is 11.8. The second kappa shape index (κ2) is 4.41. The molecule has 1 saturated heterocycles. The van der Waals surface area contributed by atoms with Gasteiger partial charge in [-0.1, -0.05) is 0 Å². The van der Waals surface area contributed by atoms with Crippen LogP contribution in [0.4, 0.5) is 0 Å². The summed E-state index contributed by atoms with van der Waals surface area (Å²) in [5.41, 5.74) is 8.69. The number of nitrogens with zero attached hydrogens (tertiary/aromatic N) is 2. The molecule has 2 unspecified atom stereocenters. The molecule has 0 aliphatic carbocycles. The molecule has 90 valence electrons. The molecule has 2 heterocycles. The molecular formula is C12H21N3S.